The Morgan fingerprint density at radius 2 is 2.00 bits per heavy atom. The highest BCUT2D eigenvalue weighted by atomic mass is 16.1. The summed E-state index contributed by atoms with van der Waals surface area (Å²) in [5, 5.41) is 3.18. The SMILES string of the molecule is CNCC1(C)CCC(=O)CC1. The Morgan fingerprint density at radius 3 is 2.45 bits per heavy atom. The third-order valence-electron chi connectivity index (χ3n) is 2.62. The second-order valence-corrected chi connectivity index (χ2v) is 3.88. The molecule has 0 radical (unpaired) electrons. The minimum atomic E-state index is 0.378. The van der Waals surface area contributed by atoms with Gasteiger partial charge in [0.15, 0.2) is 0 Å². The summed E-state index contributed by atoms with van der Waals surface area (Å²) in [7, 11) is 1.97. The van der Waals surface area contributed by atoms with E-state index in [1.165, 1.54) is 0 Å². The Morgan fingerprint density at radius 1 is 1.45 bits per heavy atom. The van der Waals surface area contributed by atoms with E-state index in [-0.39, 0.29) is 0 Å². The number of Topliss-reactive ketones (excluding diaryl/α,β-unsaturated/α-hetero) is 1. The van der Waals surface area contributed by atoms with E-state index in [9.17, 15) is 4.79 Å². The van der Waals surface area contributed by atoms with E-state index in [0.29, 0.717) is 11.2 Å². The van der Waals surface area contributed by atoms with Crippen LogP contribution in [0.25, 0.3) is 0 Å². The average molecular weight is 155 g/mol. The van der Waals surface area contributed by atoms with E-state index in [2.05, 4.69) is 12.2 Å². The van der Waals surface area contributed by atoms with Crippen LogP contribution in [0.2, 0.25) is 0 Å². The normalized spacial score (nSPS) is 23.6. The molecule has 2 nitrogen and oxygen atoms in total. The van der Waals surface area contributed by atoms with Gasteiger partial charge in [0.25, 0.3) is 0 Å². The van der Waals surface area contributed by atoms with E-state index in [1.807, 2.05) is 7.05 Å². The van der Waals surface area contributed by atoms with Crippen molar-refractivity contribution in [3.05, 3.63) is 0 Å². The van der Waals surface area contributed by atoms with Gasteiger partial charge < -0.3 is 5.32 Å². The first-order valence-electron chi connectivity index (χ1n) is 4.33. The Balaban J connectivity index is 2.41. The fourth-order valence-electron chi connectivity index (χ4n) is 1.74. The van der Waals surface area contributed by atoms with E-state index >= 15 is 0 Å². The number of carbonyl (C=O) groups is 1. The van der Waals surface area contributed by atoms with Crippen molar-refractivity contribution in [2.45, 2.75) is 32.6 Å². The molecule has 0 saturated heterocycles. The molecule has 0 bridgehead atoms. The predicted molar refractivity (Wildman–Crippen MR) is 45.5 cm³/mol. The van der Waals surface area contributed by atoms with Gasteiger partial charge in [-0.05, 0) is 25.3 Å². The van der Waals surface area contributed by atoms with Crippen LogP contribution in [0.1, 0.15) is 32.6 Å². The second kappa shape index (κ2) is 3.35. The van der Waals surface area contributed by atoms with Gasteiger partial charge in [-0.25, -0.2) is 0 Å². The molecule has 2 heteroatoms. The van der Waals surface area contributed by atoms with Gasteiger partial charge in [-0.2, -0.15) is 0 Å². The van der Waals surface area contributed by atoms with Gasteiger partial charge in [0.2, 0.25) is 0 Å². The van der Waals surface area contributed by atoms with Crippen LogP contribution in [0.3, 0.4) is 0 Å². The molecule has 0 unspecified atom stereocenters. The standard InChI is InChI=1S/C9H17NO/c1-9(7-10-2)5-3-8(11)4-6-9/h10H,3-7H2,1-2H3. The van der Waals surface area contributed by atoms with Crippen LogP contribution in [-0.4, -0.2) is 19.4 Å². The monoisotopic (exact) mass is 155 g/mol. The summed E-state index contributed by atoms with van der Waals surface area (Å²) in [6.07, 6.45) is 3.70. The van der Waals surface area contributed by atoms with Crippen LogP contribution in [0.4, 0.5) is 0 Å². The molecule has 0 aromatic rings. The summed E-state index contributed by atoms with van der Waals surface area (Å²) in [6.45, 7) is 3.30. The maximum Gasteiger partial charge on any atom is 0.132 e. The van der Waals surface area contributed by atoms with Gasteiger partial charge in [-0.1, -0.05) is 6.92 Å². The summed E-state index contributed by atoms with van der Waals surface area (Å²) < 4.78 is 0. The Kier molecular flexibility index (Phi) is 2.66. The molecule has 0 heterocycles. The number of ketones is 1. The highest BCUT2D eigenvalue weighted by Gasteiger charge is 2.28. The van der Waals surface area contributed by atoms with Gasteiger partial charge in [0, 0.05) is 19.4 Å². The molecule has 0 aromatic heterocycles. The minimum Gasteiger partial charge on any atom is -0.319 e. The van der Waals surface area contributed by atoms with Crippen molar-refractivity contribution in [2.75, 3.05) is 13.6 Å². The maximum atomic E-state index is 10.9. The molecule has 0 aliphatic heterocycles. The quantitative estimate of drug-likeness (QED) is 0.652. The molecular formula is C9H17NO. The van der Waals surface area contributed by atoms with Gasteiger partial charge in [-0.3, -0.25) is 4.79 Å². The lowest BCUT2D eigenvalue weighted by Gasteiger charge is -2.32. The zero-order valence-corrected chi connectivity index (χ0v) is 7.44. The first-order chi connectivity index (χ1) is 5.16. The molecule has 0 amide bonds. The fourth-order valence-corrected chi connectivity index (χ4v) is 1.74. The van der Waals surface area contributed by atoms with E-state index < -0.39 is 0 Å². The molecule has 0 atom stereocenters. The van der Waals surface area contributed by atoms with Crippen LogP contribution in [-0.2, 0) is 4.79 Å². The molecule has 1 N–H and O–H groups in total. The van der Waals surface area contributed by atoms with Crippen LogP contribution in [0.15, 0.2) is 0 Å². The van der Waals surface area contributed by atoms with E-state index in [1.54, 1.807) is 0 Å². The van der Waals surface area contributed by atoms with Crippen molar-refractivity contribution in [3.8, 4) is 0 Å². The lowest BCUT2D eigenvalue weighted by molar-refractivity contribution is -0.122. The van der Waals surface area contributed by atoms with Crippen LogP contribution >= 0.6 is 0 Å². The zero-order valence-electron chi connectivity index (χ0n) is 7.44. The van der Waals surface area contributed by atoms with Gasteiger partial charge in [0.1, 0.15) is 5.78 Å². The topological polar surface area (TPSA) is 29.1 Å². The lowest BCUT2D eigenvalue weighted by Crippen LogP contribution is -2.33. The molecule has 0 spiro atoms. The minimum absolute atomic E-state index is 0.378. The zero-order chi connectivity index (χ0) is 8.32. The fraction of sp³-hybridized carbons (Fsp3) is 0.889. The largest absolute Gasteiger partial charge is 0.319 e. The molecule has 0 aromatic carbocycles. The summed E-state index contributed by atoms with van der Waals surface area (Å²) in [5.41, 5.74) is 0.378. The number of hydrogen-bond acceptors (Lipinski definition) is 2. The van der Waals surface area contributed by atoms with Crippen molar-refractivity contribution in [1.29, 1.82) is 0 Å². The van der Waals surface area contributed by atoms with Crippen molar-refractivity contribution in [1.82, 2.24) is 5.32 Å². The first kappa shape index (κ1) is 8.72. The van der Waals surface area contributed by atoms with Crippen molar-refractivity contribution < 1.29 is 4.79 Å². The first-order valence-corrected chi connectivity index (χ1v) is 4.33. The van der Waals surface area contributed by atoms with Crippen molar-refractivity contribution in [3.63, 3.8) is 0 Å². The van der Waals surface area contributed by atoms with E-state index in [0.717, 1.165) is 32.2 Å². The van der Waals surface area contributed by atoms with Gasteiger partial charge in [-0.15, -0.1) is 0 Å². The smallest absolute Gasteiger partial charge is 0.132 e. The average Bonchev–Trinajstić information content (AvgIpc) is 1.97. The lowest BCUT2D eigenvalue weighted by atomic mass is 9.75. The third-order valence-corrected chi connectivity index (χ3v) is 2.62. The number of hydrogen-bond donors (Lipinski definition) is 1. The number of rotatable bonds is 2. The van der Waals surface area contributed by atoms with Gasteiger partial charge >= 0.3 is 0 Å². The summed E-state index contributed by atoms with van der Waals surface area (Å²) in [6, 6.07) is 0. The summed E-state index contributed by atoms with van der Waals surface area (Å²) >= 11 is 0. The molecule has 1 aliphatic carbocycles. The molecule has 1 saturated carbocycles. The Bertz CT molecular complexity index is 144. The molecule has 1 rings (SSSR count). The number of carbonyl (C=O) groups excluding carboxylic acids is 1. The Hall–Kier alpha value is -0.370. The number of nitrogens with one attached hydrogen (secondary N) is 1. The van der Waals surface area contributed by atoms with Crippen LogP contribution in [0, 0.1) is 5.41 Å². The Labute approximate surface area is 68.4 Å². The van der Waals surface area contributed by atoms with Crippen LogP contribution < -0.4 is 5.32 Å². The van der Waals surface area contributed by atoms with Gasteiger partial charge in [0.05, 0.1) is 0 Å². The highest BCUT2D eigenvalue weighted by Crippen LogP contribution is 2.33. The molecule has 64 valence electrons. The molecule has 1 fully saturated rings. The highest BCUT2D eigenvalue weighted by molar-refractivity contribution is 5.79. The van der Waals surface area contributed by atoms with Crippen LogP contribution in [0.5, 0.6) is 0 Å². The maximum absolute atomic E-state index is 10.9. The summed E-state index contributed by atoms with van der Waals surface area (Å²) in [4.78, 5) is 10.9. The van der Waals surface area contributed by atoms with E-state index in [4.69, 9.17) is 0 Å². The second-order valence-electron chi connectivity index (χ2n) is 3.88. The third kappa shape index (κ3) is 2.29. The molecular weight excluding hydrogens is 138 g/mol. The predicted octanol–water partition coefficient (Wildman–Crippen LogP) is 1.36. The molecule has 1 aliphatic rings. The van der Waals surface area contributed by atoms with Crippen molar-refractivity contribution in [2.24, 2.45) is 5.41 Å². The summed E-state index contributed by atoms with van der Waals surface area (Å²) in [5.74, 6) is 0.443. The molecule has 11 heavy (non-hydrogen) atoms. The van der Waals surface area contributed by atoms with Crippen molar-refractivity contribution >= 4 is 5.78 Å².